The Hall–Kier alpha value is -1.16. The highest BCUT2D eigenvalue weighted by atomic mass is 19.1. The number of anilines is 1. The van der Waals surface area contributed by atoms with E-state index < -0.39 is 0 Å². The van der Waals surface area contributed by atoms with Crippen LogP contribution in [0.3, 0.4) is 0 Å². The summed E-state index contributed by atoms with van der Waals surface area (Å²) in [5.41, 5.74) is 0.939. The van der Waals surface area contributed by atoms with Gasteiger partial charge in [0, 0.05) is 30.7 Å². The van der Waals surface area contributed by atoms with Gasteiger partial charge in [-0.1, -0.05) is 33.6 Å². The fourth-order valence-corrected chi connectivity index (χ4v) is 2.32. The van der Waals surface area contributed by atoms with Crippen LogP contribution in [-0.2, 0) is 6.54 Å². The van der Waals surface area contributed by atoms with Gasteiger partial charge in [-0.2, -0.15) is 0 Å². The van der Waals surface area contributed by atoms with Crippen molar-refractivity contribution in [2.45, 2.75) is 72.5 Å². The molecule has 0 saturated carbocycles. The average molecular weight is 295 g/mol. The molecule has 0 bridgehead atoms. The highest BCUT2D eigenvalue weighted by molar-refractivity contribution is 5.47. The van der Waals surface area contributed by atoms with Gasteiger partial charge in [-0.25, -0.2) is 9.37 Å². The molecule has 1 aromatic rings. The Morgan fingerprint density at radius 2 is 1.95 bits per heavy atom. The molecule has 1 aromatic heterocycles. The molecule has 4 heteroatoms. The second kappa shape index (κ2) is 8.98. The van der Waals surface area contributed by atoms with E-state index in [1.165, 1.54) is 19.0 Å². The molecule has 120 valence electrons. The number of unbranched alkanes of at least 4 members (excludes halogenated alkanes) is 2. The standard InChI is InChI=1S/C17H30FN3/c1-6-7-8-9-21(14(4)5)17-15(11-19-13(2)3)10-16(18)12-20-17/h10,12-14,19H,6-9,11H2,1-5H3. The van der Waals surface area contributed by atoms with Crippen LogP contribution in [0.1, 0.15) is 59.4 Å². The summed E-state index contributed by atoms with van der Waals surface area (Å²) in [5, 5.41) is 3.36. The van der Waals surface area contributed by atoms with Gasteiger partial charge in [-0.3, -0.25) is 0 Å². The molecule has 0 fully saturated rings. The molecular weight excluding hydrogens is 265 g/mol. The Bertz CT molecular complexity index is 418. The number of nitrogens with one attached hydrogen (secondary N) is 1. The molecule has 0 amide bonds. The molecular formula is C17H30FN3. The summed E-state index contributed by atoms with van der Waals surface area (Å²) in [4.78, 5) is 6.65. The van der Waals surface area contributed by atoms with E-state index in [0.717, 1.165) is 24.3 Å². The van der Waals surface area contributed by atoms with Crippen LogP contribution in [0, 0.1) is 5.82 Å². The molecule has 0 atom stereocenters. The maximum absolute atomic E-state index is 13.5. The Kier molecular flexibility index (Phi) is 7.65. The van der Waals surface area contributed by atoms with Crippen LogP contribution in [0.5, 0.6) is 0 Å². The van der Waals surface area contributed by atoms with Gasteiger partial charge in [0.1, 0.15) is 11.6 Å². The second-order valence-electron chi connectivity index (χ2n) is 6.17. The molecule has 0 radical (unpaired) electrons. The van der Waals surface area contributed by atoms with E-state index in [1.807, 2.05) is 0 Å². The lowest BCUT2D eigenvalue weighted by Gasteiger charge is -2.30. The van der Waals surface area contributed by atoms with E-state index in [0.29, 0.717) is 18.6 Å². The first-order chi connectivity index (χ1) is 9.95. The van der Waals surface area contributed by atoms with Crippen molar-refractivity contribution in [1.29, 1.82) is 0 Å². The molecule has 0 aliphatic rings. The van der Waals surface area contributed by atoms with Crippen LogP contribution in [0.25, 0.3) is 0 Å². The Balaban J connectivity index is 2.94. The molecule has 0 spiro atoms. The summed E-state index contributed by atoms with van der Waals surface area (Å²) in [6.07, 6.45) is 4.88. The number of pyridine rings is 1. The number of halogens is 1. The number of aromatic nitrogens is 1. The van der Waals surface area contributed by atoms with Crippen molar-refractivity contribution in [3.63, 3.8) is 0 Å². The van der Waals surface area contributed by atoms with Crippen molar-refractivity contribution in [1.82, 2.24) is 10.3 Å². The van der Waals surface area contributed by atoms with Crippen molar-refractivity contribution in [3.8, 4) is 0 Å². The number of hydrogen-bond acceptors (Lipinski definition) is 3. The fourth-order valence-electron chi connectivity index (χ4n) is 2.32. The average Bonchev–Trinajstić information content (AvgIpc) is 2.42. The zero-order valence-corrected chi connectivity index (χ0v) is 14.1. The van der Waals surface area contributed by atoms with Crippen LogP contribution in [0.15, 0.2) is 12.3 Å². The van der Waals surface area contributed by atoms with Crippen molar-refractivity contribution >= 4 is 5.82 Å². The van der Waals surface area contributed by atoms with Crippen LogP contribution >= 0.6 is 0 Å². The lowest BCUT2D eigenvalue weighted by molar-refractivity contribution is 0.568. The van der Waals surface area contributed by atoms with E-state index in [-0.39, 0.29) is 5.82 Å². The summed E-state index contributed by atoms with van der Waals surface area (Å²) < 4.78 is 13.5. The van der Waals surface area contributed by atoms with Gasteiger partial charge in [-0.05, 0) is 26.3 Å². The summed E-state index contributed by atoms with van der Waals surface area (Å²) in [6, 6.07) is 2.33. The maximum atomic E-state index is 13.5. The van der Waals surface area contributed by atoms with Gasteiger partial charge < -0.3 is 10.2 Å². The maximum Gasteiger partial charge on any atom is 0.141 e. The van der Waals surface area contributed by atoms with Crippen molar-refractivity contribution < 1.29 is 4.39 Å². The second-order valence-corrected chi connectivity index (χ2v) is 6.17. The third-order valence-electron chi connectivity index (χ3n) is 3.51. The van der Waals surface area contributed by atoms with Crippen LogP contribution in [-0.4, -0.2) is 23.6 Å². The lowest BCUT2D eigenvalue weighted by Crippen LogP contribution is -2.34. The monoisotopic (exact) mass is 295 g/mol. The molecule has 3 nitrogen and oxygen atoms in total. The molecule has 1 rings (SSSR count). The van der Waals surface area contributed by atoms with Crippen LogP contribution in [0.4, 0.5) is 10.2 Å². The van der Waals surface area contributed by atoms with Crippen LogP contribution in [0.2, 0.25) is 0 Å². The van der Waals surface area contributed by atoms with Gasteiger partial charge in [0.15, 0.2) is 0 Å². The number of nitrogens with zero attached hydrogens (tertiary/aromatic N) is 2. The van der Waals surface area contributed by atoms with Gasteiger partial charge >= 0.3 is 0 Å². The smallest absolute Gasteiger partial charge is 0.141 e. The molecule has 0 unspecified atom stereocenters. The topological polar surface area (TPSA) is 28.2 Å². The minimum atomic E-state index is -0.267. The molecule has 0 saturated heterocycles. The fraction of sp³-hybridized carbons (Fsp3) is 0.706. The van der Waals surface area contributed by atoms with E-state index in [2.05, 4.69) is 49.8 Å². The highest BCUT2D eigenvalue weighted by Crippen LogP contribution is 2.21. The Labute approximate surface area is 129 Å². The first kappa shape index (κ1) is 17.9. The number of hydrogen-bond donors (Lipinski definition) is 1. The van der Waals surface area contributed by atoms with E-state index in [4.69, 9.17) is 0 Å². The van der Waals surface area contributed by atoms with E-state index >= 15 is 0 Å². The minimum Gasteiger partial charge on any atom is -0.354 e. The van der Waals surface area contributed by atoms with Crippen molar-refractivity contribution in [2.75, 3.05) is 11.4 Å². The summed E-state index contributed by atoms with van der Waals surface area (Å²) in [5.74, 6) is 0.646. The minimum absolute atomic E-state index is 0.267. The third kappa shape index (κ3) is 6.00. The van der Waals surface area contributed by atoms with Gasteiger partial charge in [0.2, 0.25) is 0 Å². The quantitative estimate of drug-likeness (QED) is 0.694. The predicted molar refractivity (Wildman–Crippen MR) is 88.2 cm³/mol. The normalized spacial score (nSPS) is 11.4. The van der Waals surface area contributed by atoms with Crippen molar-refractivity contribution in [2.24, 2.45) is 0 Å². The van der Waals surface area contributed by atoms with Gasteiger partial charge in [0.25, 0.3) is 0 Å². The first-order valence-corrected chi connectivity index (χ1v) is 8.10. The Morgan fingerprint density at radius 3 is 2.52 bits per heavy atom. The highest BCUT2D eigenvalue weighted by Gasteiger charge is 2.16. The zero-order chi connectivity index (χ0) is 15.8. The molecule has 1 heterocycles. The largest absolute Gasteiger partial charge is 0.354 e. The predicted octanol–water partition coefficient (Wildman–Crippen LogP) is 4.12. The summed E-state index contributed by atoms with van der Waals surface area (Å²) >= 11 is 0. The summed E-state index contributed by atoms with van der Waals surface area (Å²) in [7, 11) is 0. The van der Waals surface area contributed by atoms with E-state index in [1.54, 1.807) is 6.07 Å². The first-order valence-electron chi connectivity index (χ1n) is 8.10. The SMILES string of the molecule is CCCCCN(c1ncc(F)cc1CNC(C)C)C(C)C. The molecule has 21 heavy (non-hydrogen) atoms. The third-order valence-corrected chi connectivity index (χ3v) is 3.51. The molecule has 0 aromatic carbocycles. The van der Waals surface area contributed by atoms with E-state index in [9.17, 15) is 4.39 Å². The molecule has 1 N–H and O–H groups in total. The zero-order valence-electron chi connectivity index (χ0n) is 14.1. The van der Waals surface area contributed by atoms with Crippen LogP contribution < -0.4 is 10.2 Å². The van der Waals surface area contributed by atoms with Gasteiger partial charge in [-0.15, -0.1) is 0 Å². The number of rotatable bonds is 9. The Morgan fingerprint density at radius 1 is 1.24 bits per heavy atom. The summed E-state index contributed by atoms with van der Waals surface area (Å²) in [6.45, 7) is 12.3. The van der Waals surface area contributed by atoms with Crippen molar-refractivity contribution in [3.05, 3.63) is 23.6 Å². The molecule has 0 aliphatic carbocycles. The van der Waals surface area contributed by atoms with Gasteiger partial charge in [0.05, 0.1) is 6.20 Å². The molecule has 0 aliphatic heterocycles. The lowest BCUT2D eigenvalue weighted by atomic mass is 10.1.